The molecule has 0 bridgehead atoms. The fourth-order valence-corrected chi connectivity index (χ4v) is 3.09. The summed E-state index contributed by atoms with van der Waals surface area (Å²) in [5.74, 6) is -3.75. The van der Waals surface area contributed by atoms with Gasteiger partial charge in [0.2, 0.25) is 5.67 Å². The molecule has 2 saturated carbocycles. The van der Waals surface area contributed by atoms with E-state index in [2.05, 4.69) is 4.74 Å². The number of nitrogens with two attached hydrogens (primary N) is 1. The summed E-state index contributed by atoms with van der Waals surface area (Å²) in [5, 5.41) is 9.85. The molecule has 0 aromatic rings. The third kappa shape index (κ3) is 1.68. The third-order valence-corrected chi connectivity index (χ3v) is 4.05. The molecule has 19 heavy (non-hydrogen) atoms. The van der Waals surface area contributed by atoms with Crippen molar-refractivity contribution < 1.29 is 28.6 Å². The van der Waals surface area contributed by atoms with E-state index in [4.69, 9.17) is 10.5 Å². The third-order valence-electron chi connectivity index (χ3n) is 4.05. The van der Waals surface area contributed by atoms with Crippen LogP contribution >= 0.6 is 0 Å². The van der Waals surface area contributed by atoms with Gasteiger partial charge in [0.25, 0.3) is 0 Å². The maximum atomic E-state index is 14.6. The number of fused-ring (bicyclic) bond motifs is 1. The minimum absolute atomic E-state index is 0.0451. The number of halogens is 1. The molecule has 5 atom stereocenters. The first-order valence-electron chi connectivity index (χ1n) is 6.35. The standard InChI is InChI=1S/C12H18FNO5/c1-3-18-9(16)11(13)6-5-7(15)12(14,8(6)11)10(17)19-4-2/h6-8,15H,3-5,14H2,1-2H3/t6-,7+,8+,11-,12+/m1/s1. The molecular formula is C12H18FNO5. The number of aliphatic hydroxyl groups is 1. The minimum Gasteiger partial charge on any atom is -0.465 e. The maximum absolute atomic E-state index is 14.6. The summed E-state index contributed by atoms with van der Waals surface area (Å²) >= 11 is 0. The molecule has 2 rings (SSSR count). The van der Waals surface area contributed by atoms with Crippen molar-refractivity contribution in [3.8, 4) is 0 Å². The molecule has 7 heteroatoms. The topological polar surface area (TPSA) is 98.9 Å². The van der Waals surface area contributed by atoms with E-state index in [9.17, 15) is 19.1 Å². The monoisotopic (exact) mass is 275 g/mol. The highest BCUT2D eigenvalue weighted by molar-refractivity contribution is 5.92. The predicted octanol–water partition coefficient (Wildman–Crippen LogP) is -0.471. The van der Waals surface area contributed by atoms with Crippen LogP contribution in [0.3, 0.4) is 0 Å². The molecule has 0 aromatic carbocycles. The molecule has 0 amide bonds. The van der Waals surface area contributed by atoms with Gasteiger partial charge in [-0.2, -0.15) is 0 Å². The first kappa shape index (κ1) is 14.2. The quantitative estimate of drug-likeness (QED) is 0.673. The van der Waals surface area contributed by atoms with Gasteiger partial charge in [-0.1, -0.05) is 0 Å². The Balaban J connectivity index is 2.23. The fraction of sp³-hybridized carbons (Fsp3) is 0.833. The lowest BCUT2D eigenvalue weighted by molar-refractivity contribution is -0.160. The van der Waals surface area contributed by atoms with E-state index in [1.165, 1.54) is 0 Å². The van der Waals surface area contributed by atoms with Crippen molar-refractivity contribution in [3.05, 3.63) is 0 Å². The number of hydrogen-bond donors (Lipinski definition) is 2. The Labute approximate surface area is 110 Å². The second-order valence-corrected chi connectivity index (χ2v) is 4.98. The zero-order valence-electron chi connectivity index (χ0n) is 10.9. The van der Waals surface area contributed by atoms with Gasteiger partial charge in [-0.3, -0.25) is 0 Å². The summed E-state index contributed by atoms with van der Waals surface area (Å²) in [7, 11) is 0. The van der Waals surface area contributed by atoms with Gasteiger partial charge in [0.1, 0.15) is 5.54 Å². The van der Waals surface area contributed by atoms with Crippen molar-refractivity contribution in [1.29, 1.82) is 0 Å². The Kier molecular flexibility index (Phi) is 3.30. The number of carbonyl (C=O) groups excluding carboxylic acids is 2. The van der Waals surface area contributed by atoms with Gasteiger partial charge in [-0.15, -0.1) is 0 Å². The number of carbonyl (C=O) groups is 2. The highest BCUT2D eigenvalue weighted by atomic mass is 19.1. The molecule has 0 aliphatic heterocycles. The summed E-state index contributed by atoms with van der Waals surface area (Å²) < 4.78 is 24.0. The maximum Gasteiger partial charge on any atom is 0.344 e. The van der Waals surface area contributed by atoms with Crippen molar-refractivity contribution >= 4 is 11.9 Å². The molecule has 0 spiro atoms. The molecule has 0 saturated heterocycles. The lowest BCUT2D eigenvalue weighted by Crippen LogP contribution is -2.60. The van der Waals surface area contributed by atoms with Crippen LogP contribution in [0, 0.1) is 11.8 Å². The van der Waals surface area contributed by atoms with Crippen LogP contribution < -0.4 is 5.73 Å². The van der Waals surface area contributed by atoms with Crippen molar-refractivity contribution in [2.24, 2.45) is 17.6 Å². The van der Waals surface area contributed by atoms with Crippen LogP contribution in [0.4, 0.5) is 4.39 Å². The zero-order chi connectivity index (χ0) is 14.4. The van der Waals surface area contributed by atoms with E-state index in [0.29, 0.717) is 0 Å². The largest absolute Gasteiger partial charge is 0.465 e. The van der Waals surface area contributed by atoms with E-state index in [-0.39, 0.29) is 19.6 Å². The van der Waals surface area contributed by atoms with Crippen molar-refractivity contribution in [1.82, 2.24) is 0 Å². The SMILES string of the molecule is CCOC(=O)[C@@]1(N)[C@H]2[C@@H](C[C@@H]1O)[C@]2(F)C(=O)OCC. The summed E-state index contributed by atoms with van der Waals surface area (Å²) in [6, 6.07) is 0. The molecule has 108 valence electrons. The van der Waals surface area contributed by atoms with Crippen LogP contribution in [-0.2, 0) is 19.1 Å². The fourth-order valence-electron chi connectivity index (χ4n) is 3.09. The molecule has 2 aliphatic carbocycles. The molecule has 0 heterocycles. The average molecular weight is 275 g/mol. The van der Waals surface area contributed by atoms with Gasteiger partial charge >= 0.3 is 11.9 Å². The van der Waals surface area contributed by atoms with E-state index < -0.39 is 41.1 Å². The number of aliphatic hydroxyl groups excluding tert-OH is 1. The molecule has 0 radical (unpaired) electrons. The summed E-state index contributed by atoms with van der Waals surface area (Å²) in [5.41, 5.74) is 1.70. The van der Waals surface area contributed by atoms with Crippen LogP contribution in [0.1, 0.15) is 20.3 Å². The molecule has 0 aromatic heterocycles. The van der Waals surface area contributed by atoms with Crippen LogP contribution in [0.2, 0.25) is 0 Å². The molecule has 2 aliphatic rings. The van der Waals surface area contributed by atoms with Crippen LogP contribution in [-0.4, -0.2) is 47.6 Å². The van der Waals surface area contributed by atoms with Crippen LogP contribution in [0.5, 0.6) is 0 Å². The average Bonchev–Trinajstić information content (AvgIpc) is 2.84. The van der Waals surface area contributed by atoms with Gasteiger partial charge < -0.3 is 20.3 Å². The van der Waals surface area contributed by atoms with Gasteiger partial charge in [0, 0.05) is 11.8 Å². The predicted molar refractivity (Wildman–Crippen MR) is 61.6 cm³/mol. The molecule has 0 unspecified atom stereocenters. The van der Waals surface area contributed by atoms with E-state index in [1.54, 1.807) is 13.8 Å². The summed E-state index contributed by atoms with van der Waals surface area (Å²) in [4.78, 5) is 23.5. The van der Waals surface area contributed by atoms with E-state index in [1.807, 2.05) is 0 Å². The van der Waals surface area contributed by atoms with Crippen molar-refractivity contribution in [2.75, 3.05) is 13.2 Å². The van der Waals surface area contributed by atoms with Gasteiger partial charge in [0.05, 0.1) is 19.3 Å². The second kappa shape index (κ2) is 4.42. The van der Waals surface area contributed by atoms with E-state index >= 15 is 0 Å². The first-order valence-corrected chi connectivity index (χ1v) is 6.35. The van der Waals surface area contributed by atoms with Crippen LogP contribution in [0.25, 0.3) is 0 Å². The lowest BCUT2D eigenvalue weighted by atomic mass is 9.88. The van der Waals surface area contributed by atoms with Crippen molar-refractivity contribution in [3.63, 3.8) is 0 Å². The van der Waals surface area contributed by atoms with Crippen LogP contribution in [0.15, 0.2) is 0 Å². The number of rotatable bonds is 4. The Morgan fingerprint density at radius 2 is 1.84 bits per heavy atom. The van der Waals surface area contributed by atoms with Gasteiger partial charge in [0.15, 0.2) is 0 Å². The smallest absolute Gasteiger partial charge is 0.344 e. The highest BCUT2D eigenvalue weighted by Crippen LogP contribution is 2.67. The number of alkyl halides is 1. The molecular weight excluding hydrogens is 257 g/mol. The summed E-state index contributed by atoms with van der Waals surface area (Å²) in [6.45, 7) is 3.26. The molecule has 3 N–H and O–H groups in total. The number of esters is 2. The zero-order valence-corrected chi connectivity index (χ0v) is 10.9. The Morgan fingerprint density at radius 1 is 1.32 bits per heavy atom. The Bertz CT molecular complexity index is 417. The Morgan fingerprint density at radius 3 is 2.37 bits per heavy atom. The molecule has 2 fully saturated rings. The minimum atomic E-state index is -2.28. The normalized spacial score (nSPS) is 43.5. The lowest BCUT2D eigenvalue weighted by Gasteiger charge is -2.30. The first-order chi connectivity index (χ1) is 8.84. The second-order valence-electron chi connectivity index (χ2n) is 4.98. The molecule has 6 nitrogen and oxygen atoms in total. The van der Waals surface area contributed by atoms with Gasteiger partial charge in [-0.05, 0) is 20.3 Å². The number of hydrogen-bond acceptors (Lipinski definition) is 6. The summed E-state index contributed by atoms with van der Waals surface area (Å²) in [6.07, 6.45) is -1.25. The van der Waals surface area contributed by atoms with Crippen molar-refractivity contribution in [2.45, 2.75) is 37.6 Å². The van der Waals surface area contributed by atoms with E-state index in [0.717, 1.165) is 0 Å². The number of ether oxygens (including phenoxy) is 2. The highest BCUT2D eigenvalue weighted by Gasteiger charge is 2.85. The van der Waals surface area contributed by atoms with Gasteiger partial charge in [-0.25, -0.2) is 14.0 Å². The Hall–Kier alpha value is -1.21.